The quantitative estimate of drug-likeness (QED) is 0.791. The number of hydrogen-bond donors (Lipinski definition) is 1. The largest absolute Gasteiger partial charge is 0.368 e. The van der Waals surface area contributed by atoms with Crippen LogP contribution >= 0.6 is 0 Å². The Labute approximate surface area is 177 Å². The molecular formula is C23H32N6O. The summed E-state index contributed by atoms with van der Waals surface area (Å²) in [5.41, 5.74) is 4.88. The van der Waals surface area contributed by atoms with Gasteiger partial charge in [0, 0.05) is 36.5 Å². The fraction of sp³-hybridized carbons (Fsp3) is 0.652. The summed E-state index contributed by atoms with van der Waals surface area (Å²) in [6.07, 6.45) is 13.1. The van der Waals surface area contributed by atoms with Gasteiger partial charge in [0.05, 0.1) is 12.2 Å². The Kier molecular flexibility index (Phi) is 5.79. The van der Waals surface area contributed by atoms with Gasteiger partial charge in [0.1, 0.15) is 12.1 Å². The van der Waals surface area contributed by atoms with Crippen LogP contribution in [0, 0.1) is 0 Å². The Morgan fingerprint density at radius 3 is 2.83 bits per heavy atom. The third-order valence-corrected chi connectivity index (χ3v) is 7.00. The van der Waals surface area contributed by atoms with Gasteiger partial charge in [-0.15, -0.1) is 0 Å². The van der Waals surface area contributed by atoms with Gasteiger partial charge in [0.2, 0.25) is 0 Å². The molecule has 1 aliphatic heterocycles. The third kappa shape index (κ3) is 4.13. The van der Waals surface area contributed by atoms with Crippen LogP contribution < -0.4 is 10.9 Å². The lowest BCUT2D eigenvalue weighted by Gasteiger charge is -2.36. The summed E-state index contributed by atoms with van der Waals surface area (Å²) < 4.78 is 1.69. The Balaban J connectivity index is 1.23. The number of aryl methyl sites for hydroxylation is 3. The van der Waals surface area contributed by atoms with Crippen molar-refractivity contribution in [2.45, 2.75) is 76.8 Å². The number of hydrogen-bond acceptors (Lipinski definition) is 6. The highest BCUT2D eigenvalue weighted by molar-refractivity contribution is 5.48. The topological polar surface area (TPSA) is 75.9 Å². The minimum Gasteiger partial charge on any atom is -0.368 e. The number of likely N-dealkylation sites (tertiary alicyclic amines) is 1. The second-order valence-electron chi connectivity index (χ2n) is 8.95. The SMILES string of the molecule is O=c1cc2c(nn1CCN1CCCCC1CNc1ncnc3c1CCC3)CCCC2. The van der Waals surface area contributed by atoms with Crippen LogP contribution in [0.15, 0.2) is 17.2 Å². The van der Waals surface area contributed by atoms with Gasteiger partial charge in [-0.05, 0) is 69.9 Å². The Hall–Kier alpha value is -2.28. The summed E-state index contributed by atoms with van der Waals surface area (Å²) in [6.45, 7) is 3.54. The minimum atomic E-state index is 0.0545. The summed E-state index contributed by atoms with van der Waals surface area (Å²) in [7, 11) is 0. The molecule has 30 heavy (non-hydrogen) atoms. The Morgan fingerprint density at radius 2 is 1.87 bits per heavy atom. The zero-order chi connectivity index (χ0) is 20.3. The molecule has 160 valence electrons. The van der Waals surface area contributed by atoms with Gasteiger partial charge in [-0.1, -0.05) is 6.42 Å². The zero-order valence-electron chi connectivity index (χ0n) is 17.8. The van der Waals surface area contributed by atoms with E-state index in [0.29, 0.717) is 12.6 Å². The smallest absolute Gasteiger partial charge is 0.267 e. The summed E-state index contributed by atoms with van der Waals surface area (Å²) in [5, 5.41) is 8.32. The molecule has 1 N–H and O–H groups in total. The van der Waals surface area contributed by atoms with Gasteiger partial charge in [-0.25, -0.2) is 14.6 Å². The maximum absolute atomic E-state index is 12.5. The predicted molar refractivity (Wildman–Crippen MR) is 117 cm³/mol. The number of rotatable bonds is 6. The molecule has 7 nitrogen and oxygen atoms in total. The number of anilines is 1. The highest BCUT2D eigenvalue weighted by Gasteiger charge is 2.24. The summed E-state index contributed by atoms with van der Waals surface area (Å²) in [5.74, 6) is 1.02. The van der Waals surface area contributed by atoms with Crippen LogP contribution in [-0.2, 0) is 32.2 Å². The first-order valence-corrected chi connectivity index (χ1v) is 11.7. The highest BCUT2D eigenvalue weighted by atomic mass is 16.1. The van der Waals surface area contributed by atoms with E-state index in [1.165, 1.54) is 55.3 Å². The fourth-order valence-electron chi connectivity index (χ4n) is 5.30. The molecule has 2 aliphatic carbocycles. The second-order valence-corrected chi connectivity index (χ2v) is 8.95. The van der Waals surface area contributed by atoms with Crippen molar-refractivity contribution in [3.8, 4) is 0 Å². The van der Waals surface area contributed by atoms with E-state index in [9.17, 15) is 4.79 Å². The normalized spacial score (nSPS) is 21.3. The van der Waals surface area contributed by atoms with Crippen LogP contribution in [0.5, 0.6) is 0 Å². The van der Waals surface area contributed by atoms with Crippen LogP contribution in [0.4, 0.5) is 5.82 Å². The van der Waals surface area contributed by atoms with Crippen molar-refractivity contribution < 1.29 is 0 Å². The van der Waals surface area contributed by atoms with E-state index in [1.54, 1.807) is 11.0 Å². The molecule has 0 aromatic carbocycles. The maximum atomic E-state index is 12.5. The van der Waals surface area contributed by atoms with E-state index in [4.69, 9.17) is 5.10 Å². The van der Waals surface area contributed by atoms with Crippen molar-refractivity contribution in [2.75, 3.05) is 25.0 Å². The first kappa shape index (κ1) is 19.7. The lowest BCUT2D eigenvalue weighted by Crippen LogP contribution is -2.46. The molecule has 7 heteroatoms. The van der Waals surface area contributed by atoms with Crippen LogP contribution in [0.2, 0.25) is 0 Å². The first-order valence-electron chi connectivity index (χ1n) is 11.7. The van der Waals surface area contributed by atoms with Crippen LogP contribution in [0.25, 0.3) is 0 Å². The lowest BCUT2D eigenvalue weighted by atomic mass is 9.97. The monoisotopic (exact) mass is 408 g/mol. The van der Waals surface area contributed by atoms with E-state index < -0.39 is 0 Å². The van der Waals surface area contributed by atoms with Crippen molar-refractivity contribution >= 4 is 5.82 Å². The molecule has 0 radical (unpaired) electrons. The van der Waals surface area contributed by atoms with Crippen molar-refractivity contribution in [2.24, 2.45) is 0 Å². The molecule has 0 amide bonds. The van der Waals surface area contributed by atoms with E-state index in [-0.39, 0.29) is 5.56 Å². The van der Waals surface area contributed by atoms with Crippen LogP contribution in [0.3, 0.4) is 0 Å². The molecule has 1 unspecified atom stereocenters. The number of nitrogens with zero attached hydrogens (tertiary/aromatic N) is 5. The average Bonchev–Trinajstić information content (AvgIpc) is 3.26. The van der Waals surface area contributed by atoms with Crippen LogP contribution in [0.1, 0.15) is 61.0 Å². The maximum Gasteiger partial charge on any atom is 0.267 e. The molecule has 1 fully saturated rings. The predicted octanol–water partition coefficient (Wildman–Crippen LogP) is 2.37. The Morgan fingerprint density at radius 1 is 0.967 bits per heavy atom. The minimum absolute atomic E-state index is 0.0545. The van der Waals surface area contributed by atoms with Gasteiger partial charge < -0.3 is 5.32 Å². The van der Waals surface area contributed by atoms with Gasteiger partial charge in [-0.3, -0.25) is 9.69 Å². The van der Waals surface area contributed by atoms with Crippen molar-refractivity contribution in [3.63, 3.8) is 0 Å². The number of nitrogens with one attached hydrogen (secondary N) is 1. The molecule has 1 atom stereocenters. The number of fused-ring (bicyclic) bond motifs is 2. The molecule has 5 rings (SSSR count). The second kappa shape index (κ2) is 8.84. The van der Waals surface area contributed by atoms with E-state index in [2.05, 4.69) is 20.2 Å². The van der Waals surface area contributed by atoms with Crippen molar-refractivity contribution in [1.82, 2.24) is 24.6 Å². The molecule has 0 saturated carbocycles. The van der Waals surface area contributed by atoms with E-state index in [0.717, 1.165) is 56.8 Å². The molecule has 2 aromatic rings. The van der Waals surface area contributed by atoms with Gasteiger partial charge in [-0.2, -0.15) is 5.10 Å². The van der Waals surface area contributed by atoms with Gasteiger partial charge >= 0.3 is 0 Å². The molecule has 0 bridgehead atoms. The summed E-state index contributed by atoms with van der Waals surface area (Å²) in [4.78, 5) is 24.0. The van der Waals surface area contributed by atoms with E-state index >= 15 is 0 Å². The first-order chi connectivity index (χ1) is 14.8. The lowest BCUT2D eigenvalue weighted by molar-refractivity contribution is 0.147. The number of aromatic nitrogens is 4. The number of piperidine rings is 1. The Bertz CT molecular complexity index is 955. The van der Waals surface area contributed by atoms with Crippen LogP contribution in [-0.4, -0.2) is 50.3 Å². The standard InChI is InChI=1S/C23H32N6O/c30-22-14-17-6-1-2-9-20(17)27-29(22)13-12-28-11-4-3-7-18(28)15-24-23-19-8-5-10-21(19)25-16-26-23/h14,16,18H,1-13,15H2,(H,24,25,26). The summed E-state index contributed by atoms with van der Waals surface area (Å²) >= 11 is 0. The van der Waals surface area contributed by atoms with Crippen molar-refractivity contribution in [1.29, 1.82) is 0 Å². The zero-order valence-corrected chi connectivity index (χ0v) is 17.8. The summed E-state index contributed by atoms with van der Waals surface area (Å²) in [6, 6.07) is 2.30. The molecule has 3 aliphatic rings. The van der Waals surface area contributed by atoms with Gasteiger partial charge in [0.15, 0.2) is 0 Å². The third-order valence-electron chi connectivity index (χ3n) is 7.00. The molecule has 0 spiro atoms. The average molecular weight is 409 g/mol. The molecular weight excluding hydrogens is 376 g/mol. The van der Waals surface area contributed by atoms with E-state index in [1.807, 2.05) is 6.07 Å². The molecule has 2 aromatic heterocycles. The van der Waals surface area contributed by atoms with Gasteiger partial charge in [0.25, 0.3) is 5.56 Å². The fourth-order valence-corrected chi connectivity index (χ4v) is 5.30. The highest BCUT2D eigenvalue weighted by Crippen LogP contribution is 2.26. The molecule has 1 saturated heterocycles. The van der Waals surface area contributed by atoms with Crippen molar-refractivity contribution in [3.05, 3.63) is 45.3 Å². The molecule has 3 heterocycles.